The molecule has 1 aliphatic heterocycles. The van der Waals surface area contributed by atoms with Gasteiger partial charge in [0.1, 0.15) is 5.65 Å². The van der Waals surface area contributed by atoms with Gasteiger partial charge in [0.2, 0.25) is 5.91 Å². The highest BCUT2D eigenvalue weighted by Gasteiger charge is 2.28. The Labute approximate surface area is 193 Å². The number of benzene rings is 1. The number of fused-ring (bicyclic) bond motifs is 1. The number of aromatic nitrogens is 4. The molecule has 0 aliphatic carbocycles. The molecule has 1 saturated heterocycles. The fourth-order valence-corrected chi connectivity index (χ4v) is 4.60. The fraction of sp³-hybridized carbons (Fsp3) is 0.259. The van der Waals surface area contributed by atoms with Crippen LogP contribution in [0.1, 0.15) is 34.8 Å². The molecule has 0 atom stereocenters. The maximum absolute atomic E-state index is 13.4. The molecule has 0 N–H and O–H groups in total. The minimum atomic E-state index is 0.0642. The van der Waals surface area contributed by atoms with E-state index in [1.165, 1.54) is 0 Å². The molecular formula is C27H27N5O. The summed E-state index contributed by atoms with van der Waals surface area (Å²) in [5, 5.41) is 1.05. The van der Waals surface area contributed by atoms with E-state index in [2.05, 4.69) is 43.8 Å². The molecule has 0 spiro atoms. The monoisotopic (exact) mass is 437 g/mol. The van der Waals surface area contributed by atoms with E-state index in [0.717, 1.165) is 56.2 Å². The third-order valence-corrected chi connectivity index (χ3v) is 6.48. The van der Waals surface area contributed by atoms with Crippen LogP contribution in [0.15, 0.2) is 54.2 Å². The first kappa shape index (κ1) is 21.1. The summed E-state index contributed by atoms with van der Waals surface area (Å²) >= 11 is 0. The number of rotatable bonds is 4. The van der Waals surface area contributed by atoms with E-state index in [4.69, 9.17) is 0 Å². The van der Waals surface area contributed by atoms with Gasteiger partial charge in [-0.1, -0.05) is 30.3 Å². The van der Waals surface area contributed by atoms with Crippen molar-refractivity contribution in [2.24, 2.45) is 7.05 Å². The number of likely N-dealkylation sites (tertiary alicyclic amines) is 1. The molecule has 1 aliphatic rings. The maximum Gasteiger partial charge on any atom is 0.250 e. The van der Waals surface area contributed by atoms with Crippen molar-refractivity contribution in [3.63, 3.8) is 0 Å². The van der Waals surface area contributed by atoms with Crippen LogP contribution in [0.25, 0.3) is 28.4 Å². The Morgan fingerprint density at radius 1 is 0.970 bits per heavy atom. The van der Waals surface area contributed by atoms with Gasteiger partial charge in [-0.15, -0.1) is 0 Å². The number of nitrogens with zero attached hydrogens (tertiary/aromatic N) is 5. The molecule has 1 amide bonds. The van der Waals surface area contributed by atoms with Gasteiger partial charge in [0, 0.05) is 36.3 Å². The average Bonchev–Trinajstić information content (AvgIpc) is 3.30. The number of carbonyl (C=O) groups excluding carboxylic acids is 1. The Bertz CT molecular complexity index is 1400. The zero-order valence-corrected chi connectivity index (χ0v) is 19.5. The van der Waals surface area contributed by atoms with Crippen LogP contribution in [-0.4, -0.2) is 36.9 Å². The van der Waals surface area contributed by atoms with E-state index in [1.54, 1.807) is 0 Å². The normalized spacial score (nSPS) is 15.2. The lowest BCUT2D eigenvalue weighted by Crippen LogP contribution is -2.26. The Morgan fingerprint density at radius 2 is 1.73 bits per heavy atom. The highest BCUT2D eigenvalue weighted by atomic mass is 16.2. The van der Waals surface area contributed by atoms with E-state index in [1.807, 2.05) is 63.2 Å². The SMILES string of the molecule is Cc1nc(C)c(CN2CC/C(=C\c3c(-c4ccccc4)n(C)c4ncccc34)C2=O)nc1C. The maximum atomic E-state index is 13.4. The number of hydrogen-bond acceptors (Lipinski definition) is 4. The quantitative estimate of drug-likeness (QED) is 0.432. The van der Waals surface area contributed by atoms with Crippen LogP contribution in [-0.2, 0) is 18.4 Å². The highest BCUT2D eigenvalue weighted by molar-refractivity contribution is 6.04. The second-order valence-corrected chi connectivity index (χ2v) is 8.63. The van der Waals surface area contributed by atoms with Crippen LogP contribution in [0, 0.1) is 20.8 Å². The predicted molar refractivity (Wildman–Crippen MR) is 130 cm³/mol. The Kier molecular flexibility index (Phi) is 5.29. The Morgan fingerprint density at radius 3 is 2.52 bits per heavy atom. The third-order valence-electron chi connectivity index (χ3n) is 6.48. The predicted octanol–water partition coefficient (Wildman–Crippen LogP) is 4.77. The van der Waals surface area contributed by atoms with Crippen LogP contribution >= 0.6 is 0 Å². The van der Waals surface area contributed by atoms with Crippen molar-refractivity contribution in [2.45, 2.75) is 33.7 Å². The van der Waals surface area contributed by atoms with E-state index in [-0.39, 0.29) is 5.91 Å². The zero-order chi connectivity index (χ0) is 23.1. The standard InChI is InChI=1S/C27H27N5O/c1-17-18(2)30-24(19(3)29-17)16-32-14-12-21(27(32)33)15-23-22-11-8-13-28-26(22)31(4)25(23)20-9-6-5-7-10-20/h5-11,13,15H,12,14,16H2,1-4H3/b21-15+. The fourth-order valence-electron chi connectivity index (χ4n) is 4.60. The van der Waals surface area contributed by atoms with Crippen molar-refractivity contribution in [1.82, 2.24) is 24.4 Å². The van der Waals surface area contributed by atoms with Crippen molar-refractivity contribution in [1.29, 1.82) is 0 Å². The molecule has 1 fully saturated rings. The summed E-state index contributed by atoms with van der Waals surface area (Å²) in [6, 6.07) is 14.3. The number of carbonyl (C=O) groups is 1. The molecule has 6 heteroatoms. The number of amides is 1. The van der Waals surface area contributed by atoms with Gasteiger partial charge in [0.05, 0.1) is 35.0 Å². The molecule has 1 aromatic carbocycles. The van der Waals surface area contributed by atoms with Crippen molar-refractivity contribution in [3.05, 3.63) is 82.6 Å². The van der Waals surface area contributed by atoms with Crippen molar-refractivity contribution < 1.29 is 4.79 Å². The molecule has 0 radical (unpaired) electrons. The van der Waals surface area contributed by atoms with Crippen LogP contribution in [0.3, 0.4) is 0 Å². The minimum absolute atomic E-state index is 0.0642. The molecule has 5 rings (SSSR count). The molecule has 166 valence electrons. The Hall–Kier alpha value is -3.80. The number of pyridine rings is 1. The van der Waals surface area contributed by atoms with Gasteiger partial charge in [0.15, 0.2) is 0 Å². The summed E-state index contributed by atoms with van der Waals surface area (Å²) in [5.74, 6) is 0.0642. The smallest absolute Gasteiger partial charge is 0.250 e. The van der Waals surface area contributed by atoms with Gasteiger partial charge in [-0.2, -0.15) is 0 Å². The molecule has 0 saturated carbocycles. The topological polar surface area (TPSA) is 63.9 Å². The average molecular weight is 438 g/mol. The van der Waals surface area contributed by atoms with Crippen LogP contribution < -0.4 is 0 Å². The molecule has 6 nitrogen and oxygen atoms in total. The summed E-state index contributed by atoms with van der Waals surface area (Å²) in [4.78, 5) is 29.1. The van der Waals surface area contributed by atoms with Gasteiger partial charge < -0.3 is 9.47 Å². The summed E-state index contributed by atoms with van der Waals surface area (Å²) in [5.41, 5.74) is 8.54. The molecule has 33 heavy (non-hydrogen) atoms. The summed E-state index contributed by atoms with van der Waals surface area (Å²) < 4.78 is 2.11. The van der Waals surface area contributed by atoms with Crippen LogP contribution in [0.5, 0.6) is 0 Å². The molecule has 0 bridgehead atoms. The van der Waals surface area contributed by atoms with Crippen molar-refractivity contribution in [2.75, 3.05) is 6.54 Å². The van der Waals surface area contributed by atoms with Gasteiger partial charge >= 0.3 is 0 Å². The highest BCUT2D eigenvalue weighted by Crippen LogP contribution is 2.35. The number of hydrogen-bond donors (Lipinski definition) is 0. The molecule has 4 aromatic rings. The second-order valence-electron chi connectivity index (χ2n) is 8.63. The lowest BCUT2D eigenvalue weighted by Gasteiger charge is -2.16. The van der Waals surface area contributed by atoms with E-state index < -0.39 is 0 Å². The third kappa shape index (κ3) is 3.71. The Balaban J connectivity index is 1.54. The van der Waals surface area contributed by atoms with Crippen LogP contribution in [0.4, 0.5) is 0 Å². The molecule has 0 unspecified atom stereocenters. The first-order valence-corrected chi connectivity index (χ1v) is 11.2. The van der Waals surface area contributed by atoms with Gasteiger partial charge in [-0.3, -0.25) is 14.8 Å². The van der Waals surface area contributed by atoms with E-state index in [0.29, 0.717) is 19.5 Å². The lowest BCUT2D eigenvalue weighted by atomic mass is 10.0. The first-order valence-electron chi connectivity index (χ1n) is 11.2. The number of aryl methyl sites for hydroxylation is 4. The molecule has 3 aromatic heterocycles. The van der Waals surface area contributed by atoms with Crippen molar-refractivity contribution >= 4 is 23.0 Å². The summed E-state index contributed by atoms with van der Waals surface area (Å²) in [6.07, 6.45) is 4.58. The first-order chi connectivity index (χ1) is 15.9. The van der Waals surface area contributed by atoms with E-state index >= 15 is 0 Å². The van der Waals surface area contributed by atoms with Gasteiger partial charge in [-0.25, -0.2) is 4.98 Å². The van der Waals surface area contributed by atoms with Gasteiger partial charge in [-0.05, 0) is 51.0 Å². The molecular weight excluding hydrogens is 410 g/mol. The summed E-state index contributed by atoms with van der Waals surface area (Å²) in [7, 11) is 2.03. The second kappa shape index (κ2) is 8.28. The largest absolute Gasteiger partial charge is 0.333 e. The summed E-state index contributed by atoms with van der Waals surface area (Å²) in [6.45, 7) is 7.05. The lowest BCUT2D eigenvalue weighted by molar-refractivity contribution is -0.125. The van der Waals surface area contributed by atoms with Crippen LogP contribution in [0.2, 0.25) is 0 Å². The van der Waals surface area contributed by atoms with E-state index in [9.17, 15) is 4.79 Å². The minimum Gasteiger partial charge on any atom is -0.333 e. The van der Waals surface area contributed by atoms with Gasteiger partial charge in [0.25, 0.3) is 0 Å². The molecule has 4 heterocycles. The zero-order valence-electron chi connectivity index (χ0n) is 19.5. The van der Waals surface area contributed by atoms with Crippen molar-refractivity contribution in [3.8, 4) is 11.3 Å².